The van der Waals surface area contributed by atoms with Crippen LogP contribution in [0.5, 0.6) is 5.75 Å². The van der Waals surface area contributed by atoms with E-state index in [4.69, 9.17) is 10.00 Å². The van der Waals surface area contributed by atoms with Gasteiger partial charge in [-0.1, -0.05) is 0 Å². The molecule has 2 nitrogen and oxygen atoms in total. The van der Waals surface area contributed by atoms with Crippen LogP contribution in [0.4, 0.5) is 4.39 Å². The molecule has 14 heavy (non-hydrogen) atoms. The number of ether oxygens (including phenoxy) is 1. The molecule has 1 aliphatic rings. The first-order valence-corrected chi connectivity index (χ1v) is 4.66. The Labute approximate surface area is 81.9 Å². The smallest absolute Gasteiger partial charge is 0.141 e. The number of nitriles is 1. The summed E-state index contributed by atoms with van der Waals surface area (Å²) in [7, 11) is 0. The average molecular weight is 191 g/mol. The fourth-order valence-electron chi connectivity index (χ4n) is 1.34. The van der Waals surface area contributed by atoms with Crippen molar-refractivity contribution in [3.8, 4) is 11.8 Å². The van der Waals surface area contributed by atoms with Gasteiger partial charge in [0.2, 0.25) is 0 Å². The number of hydrogen-bond acceptors (Lipinski definition) is 2. The molecule has 0 amide bonds. The first-order chi connectivity index (χ1) is 6.79. The van der Waals surface area contributed by atoms with E-state index < -0.39 is 5.82 Å². The number of hydrogen-bond donors (Lipinski definition) is 0. The van der Waals surface area contributed by atoms with Gasteiger partial charge in [-0.25, -0.2) is 4.39 Å². The Bertz CT molecular complexity index is 379. The lowest BCUT2D eigenvalue weighted by molar-refractivity contribution is 0.120. The van der Waals surface area contributed by atoms with Crippen LogP contribution >= 0.6 is 0 Å². The van der Waals surface area contributed by atoms with E-state index in [1.165, 1.54) is 18.6 Å². The molecule has 0 N–H and O–H groups in total. The fourth-order valence-corrected chi connectivity index (χ4v) is 1.34. The maximum atomic E-state index is 12.9. The van der Waals surface area contributed by atoms with E-state index in [0.29, 0.717) is 5.75 Å². The van der Waals surface area contributed by atoms with Gasteiger partial charge in [0.15, 0.2) is 0 Å². The summed E-state index contributed by atoms with van der Waals surface area (Å²) in [6.45, 7) is 0. The molecule has 1 aromatic rings. The highest BCUT2D eigenvalue weighted by molar-refractivity contribution is 5.37. The normalized spacial score (nSPS) is 15.7. The minimum atomic E-state index is -0.492. The van der Waals surface area contributed by atoms with Crippen LogP contribution in [0, 0.1) is 17.1 Å². The van der Waals surface area contributed by atoms with Crippen LogP contribution in [0.15, 0.2) is 18.2 Å². The average Bonchev–Trinajstić information content (AvgIpc) is 2.14. The van der Waals surface area contributed by atoms with E-state index in [2.05, 4.69) is 0 Å². The summed E-state index contributed by atoms with van der Waals surface area (Å²) in [6.07, 6.45) is 3.56. The Morgan fingerprint density at radius 3 is 2.79 bits per heavy atom. The molecule has 1 aliphatic carbocycles. The highest BCUT2D eigenvalue weighted by Gasteiger charge is 2.19. The van der Waals surface area contributed by atoms with Gasteiger partial charge in [-0.15, -0.1) is 0 Å². The quantitative estimate of drug-likeness (QED) is 0.719. The van der Waals surface area contributed by atoms with Crippen LogP contribution in [0.2, 0.25) is 0 Å². The summed E-state index contributed by atoms with van der Waals surface area (Å²) < 4.78 is 18.5. The number of rotatable bonds is 2. The molecule has 0 saturated heterocycles. The lowest BCUT2D eigenvalue weighted by atomic mass is 9.96. The van der Waals surface area contributed by atoms with Gasteiger partial charge in [-0.3, -0.25) is 0 Å². The van der Waals surface area contributed by atoms with E-state index in [9.17, 15) is 4.39 Å². The van der Waals surface area contributed by atoms with E-state index in [1.54, 1.807) is 12.1 Å². The summed E-state index contributed by atoms with van der Waals surface area (Å²) >= 11 is 0. The monoisotopic (exact) mass is 191 g/mol. The van der Waals surface area contributed by atoms with Gasteiger partial charge < -0.3 is 4.74 Å². The Kier molecular flexibility index (Phi) is 2.36. The van der Waals surface area contributed by atoms with Gasteiger partial charge in [0.25, 0.3) is 0 Å². The SMILES string of the molecule is N#Cc1cc(OC2CCC2)ccc1F. The molecule has 0 aromatic heterocycles. The second-order valence-corrected chi connectivity index (χ2v) is 3.42. The van der Waals surface area contributed by atoms with Gasteiger partial charge in [0, 0.05) is 6.07 Å². The molecule has 0 heterocycles. The third kappa shape index (κ3) is 1.69. The lowest BCUT2D eigenvalue weighted by Crippen LogP contribution is -2.24. The largest absolute Gasteiger partial charge is 0.490 e. The Balaban J connectivity index is 2.14. The number of benzene rings is 1. The molecule has 0 unspecified atom stereocenters. The van der Waals surface area contributed by atoms with Gasteiger partial charge in [-0.05, 0) is 31.4 Å². The van der Waals surface area contributed by atoms with Gasteiger partial charge in [-0.2, -0.15) is 5.26 Å². The molecule has 1 aromatic carbocycles. The number of nitrogens with zero attached hydrogens (tertiary/aromatic N) is 1. The van der Waals surface area contributed by atoms with E-state index in [-0.39, 0.29) is 11.7 Å². The maximum absolute atomic E-state index is 12.9. The first kappa shape index (κ1) is 9.01. The van der Waals surface area contributed by atoms with Gasteiger partial charge >= 0.3 is 0 Å². The minimum Gasteiger partial charge on any atom is -0.490 e. The molecule has 0 bridgehead atoms. The highest BCUT2D eigenvalue weighted by atomic mass is 19.1. The van der Waals surface area contributed by atoms with Gasteiger partial charge in [0.05, 0.1) is 11.7 Å². The molecule has 1 saturated carbocycles. The zero-order chi connectivity index (χ0) is 9.97. The van der Waals surface area contributed by atoms with Crippen LogP contribution in [0.1, 0.15) is 24.8 Å². The second-order valence-electron chi connectivity index (χ2n) is 3.42. The van der Waals surface area contributed by atoms with Crippen molar-refractivity contribution in [2.75, 3.05) is 0 Å². The summed E-state index contributed by atoms with van der Waals surface area (Å²) in [5.74, 6) is 0.0982. The first-order valence-electron chi connectivity index (χ1n) is 4.66. The predicted octanol–water partition coefficient (Wildman–Crippen LogP) is 2.63. The summed E-state index contributed by atoms with van der Waals surface area (Å²) in [6, 6.07) is 6.08. The van der Waals surface area contributed by atoms with Crippen molar-refractivity contribution < 1.29 is 9.13 Å². The van der Waals surface area contributed by atoms with Crippen LogP contribution in [0.3, 0.4) is 0 Å². The molecule has 0 radical (unpaired) electrons. The van der Waals surface area contributed by atoms with Crippen molar-refractivity contribution in [1.82, 2.24) is 0 Å². The van der Waals surface area contributed by atoms with Crippen molar-refractivity contribution in [1.29, 1.82) is 5.26 Å². The molecule has 3 heteroatoms. The van der Waals surface area contributed by atoms with Crippen molar-refractivity contribution >= 4 is 0 Å². The molecular formula is C11H10FNO. The molecular weight excluding hydrogens is 181 g/mol. The summed E-state index contributed by atoms with van der Waals surface area (Å²) in [5.41, 5.74) is 0.0434. The van der Waals surface area contributed by atoms with Crippen molar-refractivity contribution in [3.05, 3.63) is 29.6 Å². The van der Waals surface area contributed by atoms with Gasteiger partial charge in [0.1, 0.15) is 17.6 Å². The summed E-state index contributed by atoms with van der Waals surface area (Å²) in [5, 5.41) is 8.60. The zero-order valence-electron chi connectivity index (χ0n) is 7.66. The highest BCUT2D eigenvalue weighted by Crippen LogP contribution is 2.26. The fraction of sp³-hybridized carbons (Fsp3) is 0.364. The minimum absolute atomic E-state index is 0.0434. The topological polar surface area (TPSA) is 33.0 Å². The third-order valence-electron chi connectivity index (χ3n) is 2.41. The van der Waals surface area contributed by atoms with E-state index in [1.807, 2.05) is 0 Å². The molecule has 0 spiro atoms. The van der Waals surface area contributed by atoms with Crippen LogP contribution in [-0.4, -0.2) is 6.10 Å². The standard InChI is InChI=1S/C11H10FNO/c12-11-5-4-10(6-8(11)7-13)14-9-2-1-3-9/h4-6,9H,1-3H2. The second kappa shape index (κ2) is 3.67. The molecule has 1 fully saturated rings. The van der Waals surface area contributed by atoms with Crippen LogP contribution < -0.4 is 4.74 Å². The zero-order valence-corrected chi connectivity index (χ0v) is 7.66. The Morgan fingerprint density at radius 2 is 2.21 bits per heavy atom. The Morgan fingerprint density at radius 1 is 1.43 bits per heavy atom. The molecule has 2 rings (SSSR count). The number of halogens is 1. The van der Waals surface area contributed by atoms with Crippen LogP contribution in [0.25, 0.3) is 0 Å². The molecule has 72 valence electrons. The van der Waals surface area contributed by atoms with Crippen molar-refractivity contribution in [2.45, 2.75) is 25.4 Å². The van der Waals surface area contributed by atoms with E-state index >= 15 is 0 Å². The third-order valence-corrected chi connectivity index (χ3v) is 2.41. The lowest BCUT2D eigenvalue weighted by Gasteiger charge is -2.26. The van der Waals surface area contributed by atoms with E-state index in [0.717, 1.165) is 12.8 Å². The van der Waals surface area contributed by atoms with Crippen molar-refractivity contribution in [2.24, 2.45) is 0 Å². The summed E-state index contributed by atoms with van der Waals surface area (Å²) in [4.78, 5) is 0. The molecule has 0 aliphatic heterocycles. The van der Waals surface area contributed by atoms with Crippen LogP contribution in [-0.2, 0) is 0 Å². The van der Waals surface area contributed by atoms with Crippen molar-refractivity contribution in [3.63, 3.8) is 0 Å². The predicted molar refractivity (Wildman–Crippen MR) is 49.4 cm³/mol. The maximum Gasteiger partial charge on any atom is 0.141 e. The Hall–Kier alpha value is -1.56. The molecule has 0 atom stereocenters.